The van der Waals surface area contributed by atoms with Crippen LogP contribution in [0.1, 0.15) is 34.1 Å². The predicted molar refractivity (Wildman–Crippen MR) is 93.8 cm³/mol. The standard InChI is InChI=1S/C15H13F3N4O2S2/c1-5-6(2)25-13-10(5)12(24)21-11(22-13)7(3)26-14-19-8(15(16,17)18)4-9(23)20-14/h4,7H,1-3H3,(H,19,20,23)(H,21,22,24). The van der Waals surface area contributed by atoms with E-state index in [1.807, 2.05) is 13.8 Å². The molecule has 0 saturated carbocycles. The van der Waals surface area contributed by atoms with Crippen LogP contribution in [0.4, 0.5) is 13.2 Å². The van der Waals surface area contributed by atoms with Crippen LogP contribution in [0.2, 0.25) is 0 Å². The SMILES string of the molecule is Cc1sc2nc(C(C)Sc3nc(C(F)(F)F)cc(=O)[nH]3)[nH]c(=O)c2c1C. The number of hydrogen-bond donors (Lipinski definition) is 2. The molecule has 26 heavy (non-hydrogen) atoms. The zero-order valence-electron chi connectivity index (χ0n) is 13.8. The van der Waals surface area contributed by atoms with Crippen molar-refractivity contribution in [3.63, 3.8) is 0 Å². The summed E-state index contributed by atoms with van der Waals surface area (Å²) in [6.45, 7) is 5.37. The van der Waals surface area contributed by atoms with Gasteiger partial charge in [0.2, 0.25) is 0 Å². The van der Waals surface area contributed by atoms with Gasteiger partial charge in [-0.1, -0.05) is 11.8 Å². The van der Waals surface area contributed by atoms with E-state index in [-0.39, 0.29) is 10.7 Å². The number of aromatic amines is 2. The number of thiophene rings is 1. The second-order valence-electron chi connectivity index (χ2n) is 5.61. The molecule has 6 nitrogen and oxygen atoms in total. The van der Waals surface area contributed by atoms with Crippen molar-refractivity contribution in [3.8, 4) is 0 Å². The maximum atomic E-state index is 12.8. The molecule has 0 aliphatic rings. The van der Waals surface area contributed by atoms with Gasteiger partial charge >= 0.3 is 6.18 Å². The van der Waals surface area contributed by atoms with Gasteiger partial charge in [-0.25, -0.2) is 9.97 Å². The van der Waals surface area contributed by atoms with Gasteiger partial charge in [-0.05, 0) is 26.3 Å². The first-order valence-electron chi connectivity index (χ1n) is 7.41. The number of hydrogen-bond acceptors (Lipinski definition) is 6. The van der Waals surface area contributed by atoms with Crippen molar-refractivity contribution < 1.29 is 13.2 Å². The van der Waals surface area contributed by atoms with E-state index in [9.17, 15) is 22.8 Å². The number of aromatic nitrogens is 4. The van der Waals surface area contributed by atoms with Gasteiger partial charge in [0.25, 0.3) is 11.1 Å². The van der Waals surface area contributed by atoms with Gasteiger partial charge in [0.1, 0.15) is 10.7 Å². The quantitative estimate of drug-likeness (QED) is 0.516. The summed E-state index contributed by atoms with van der Waals surface area (Å²) >= 11 is 2.25. The molecule has 0 aliphatic carbocycles. The highest BCUT2D eigenvalue weighted by Crippen LogP contribution is 2.34. The fraction of sp³-hybridized carbons (Fsp3) is 0.333. The van der Waals surface area contributed by atoms with Crippen LogP contribution in [0.3, 0.4) is 0 Å². The molecule has 3 aromatic heterocycles. The summed E-state index contributed by atoms with van der Waals surface area (Å²) in [6.07, 6.45) is -4.72. The van der Waals surface area contributed by atoms with Crippen LogP contribution in [0.5, 0.6) is 0 Å². The summed E-state index contributed by atoms with van der Waals surface area (Å²) in [7, 11) is 0. The third kappa shape index (κ3) is 3.54. The van der Waals surface area contributed by atoms with E-state index in [2.05, 4.69) is 19.9 Å². The van der Waals surface area contributed by atoms with Gasteiger partial charge < -0.3 is 9.97 Å². The zero-order chi connectivity index (χ0) is 19.2. The third-order valence-corrected chi connectivity index (χ3v) is 5.84. The van der Waals surface area contributed by atoms with Gasteiger partial charge in [0, 0.05) is 10.9 Å². The molecule has 2 N–H and O–H groups in total. The molecule has 0 saturated heterocycles. The second-order valence-corrected chi connectivity index (χ2v) is 8.14. The van der Waals surface area contributed by atoms with Crippen LogP contribution >= 0.6 is 23.1 Å². The Morgan fingerprint density at radius 2 is 1.88 bits per heavy atom. The van der Waals surface area contributed by atoms with Crippen molar-refractivity contribution in [2.24, 2.45) is 0 Å². The highest BCUT2D eigenvalue weighted by molar-refractivity contribution is 7.99. The van der Waals surface area contributed by atoms with Crippen molar-refractivity contribution in [2.75, 3.05) is 0 Å². The molecule has 0 amide bonds. The Labute approximate surface area is 152 Å². The number of thioether (sulfide) groups is 1. The van der Waals surface area contributed by atoms with Gasteiger partial charge in [-0.15, -0.1) is 11.3 Å². The molecule has 0 fully saturated rings. The topological polar surface area (TPSA) is 91.5 Å². The minimum absolute atomic E-state index is 0.196. The molecular weight excluding hydrogens is 389 g/mol. The van der Waals surface area contributed by atoms with Crippen molar-refractivity contribution in [3.05, 3.63) is 48.7 Å². The maximum Gasteiger partial charge on any atom is 0.433 e. The number of nitrogens with one attached hydrogen (secondary N) is 2. The van der Waals surface area contributed by atoms with Crippen LogP contribution in [-0.2, 0) is 6.18 Å². The number of nitrogens with zero attached hydrogens (tertiary/aromatic N) is 2. The van der Waals surface area contributed by atoms with Crippen molar-refractivity contribution in [1.82, 2.24) is 19.9 Å². The summed E-state index contributed by atoms with van der Waals surface area (Å²) < 4.78 is 38.4. The molecule has 11 heteroatoms. The van der Waals surface area contributed by atoms with Crippen LogP contribution in [0.15, 0.2) is 20.8 Å². The van der Waals surface area contributed by atoms with Gasteiger partial charge in [-0.3, -0.25) is 9.59 Å². The van der Waals surface area contributed by atoms with Crippen LogP contribution in [-0.4, -0.2) is 19.9 Å². The van der Waals surface area contributed by atoms with E-state index in [4.69, 9.17) is 0 Å². The largest absolute Gasteiger partial charge is 0.433 e. The molecule has 138 valence electrons. The molecule has 1 atom stereocenters. The van der Waals surface area contributed by atoms with Crippen LogP contribution < -0.4 is 11.1 Å². The smallest absolute Gasteiger partial charge is 0.309 e. The molecule has 1 unspecified atom stereocenters. The Bertz CT molecular complexity index is 1100. The molecule has 0 radical (unpaired) electrons. The van der Waals surface area contributed by atoms with E-state index >= 15 is 0 Å². The Balaban J connectivity index is 1.97. The summed E-state index contributed by atoms with van der Waals surface area (Å²) in [5.41, 5.74) is -1.61. The average molecular weight is 402 g/mol. The minimum atomic E-state index is -4.72. The summed E-state index contributed by atoms with van der Waals surface area (Å²) in [4.78, 5) is 38.1. The number of rotatable bonds is 3. The molecule has 3 heterocycles. The molecule has 0 aliphatic heterocycles. The zero-order valence-corrected chi connectivity index (χ0v) is 15.4. The molecule has 3 rings (SSSR count). The van der Waals surface area contributed by atoms with Gasteiger partial charge in [0.05, 0.1) is 10.6 Å². The lowest BCUT2D eigenvalue weighted by molar-refractivity contribution is -0.141. The normalized spacial score (nSPS) is 13.3. The third-order valence-electron chi connectivity index (χ3n) is 3.74. The highest BCUT2D eigenvalue weighted by Gasteiger charge is 2.33. The maximum absolute atomic E-state index is 12.8. The average Bonchev–Trinajstić information content (AvgIpc) is 2.80. The van der Waals surface area contributed by atoms with E-state index < -0.39 is 22.7 Å². The Hall–Kier alpha value is -2.14. The van der Waals surface area contributed by atoms with Gasteiger partial charge in [0.15, 0.2) is 10.9 Å². The first kappa shape index (κ1) is 18.6. The lowest BCUT2D eigenvalue weighted by Gasteiger charge is -2.11. The number of halogens is 3. The lowest BCUT2D eigenvalue weighted by atomic mass is 10.2. The molecular formula is C15H13F3N4O2S2. The Morgan fingerprint density at radius 1 is 1.19 bits per heavy atom. The Morgan fingerprint density at radius 3 is 2.54 bits per heavy atom. The van der Waals surface area contributed by atoms with Crippen LogP contribution in [0.25, 0.3) is 10.2 Å². The van der Waals surface area contributed by atoms with E-state index in [0.717, 1.165) is 22.2 Å². The molecule has 3 aromatic rings. The fourth-order valence-corrected chi connectivity index (χ4v) is 4.23. The molecule has 0 aromatic carbocycles. The summed E-state index contributed by atoms with van der Waals surface area (Å²) in [5.74, 6) is 0.300. The van der Waals surface area contributed by atoms with Crippen LogP contribution in [0, 0.1) is 13.8 Å². The fourth-order valence-electron chi connectivity index (χ4n) is 2.32. The van der Waals surface area contributed by atoms with E-state index in [1.54, 1.807) is 6.92 Å². The molecule has 0 bridgehead atoms. The Kier molecular flexibility index (Phi) is 4.69. The number of aryl methyl sites for hydroxylation is 2. The number of fused-ring (bicyclic) bond motifs is 1. The van der Waals surface area contributed by atoms with Crippen molar-refractivity contribution in [1.29, 1.82) is 0 Å². The summed E-state index contributed by atoms with van der Waals surface area (Å²) in [5, 5.41) is -0.209. The van der Waals surface area contributed by atoms with E-state index in [1.165, 1.54) is 11.3 Å². The highest BCUT2D eigenvalue weighted by atomic mass is 32.2. The van der Waals surface area contributed by atoms with E-state index in [0.29, 0.717) is 22.1 Å². The summed E-state index contributed by atoms with van der Waals surface area (Å²) in [6, 6.07) is 0.401. The predicted octanol–water partition coefficient (Wildman–Crippen LogP) is 3.56. The minimum Gasteiger partial charge on any atom is -0.309 e. The number of H-pyrrole nitrogens is 2. The van der Waals surface area contributed by atoms with Gasteiger partial charge in [-0.2, -0.15) is 13.2 Å². The lowest BCUT2D eigenvalue weighted by Crippen LogP contribution is -2.17. The van der Waals surface area contributed by atoms with Crippen molar-refractivity contribution >= 4 is 33.3 Å². The number of alkyl halides is 3. The first-order chi connectivity index (χ1) is 12.1. The van der Waals surface area contributed by atoms with Crippen molar-refractivity contribution in [2.45, 2.75) is 37.4 Å². The first-order valence-corrected chi connectivity index (χ1v) is 9.11. The second kappa shape index (κ2) is 6.54. The monoisotopic (exact) mass is 402 g/mol. The molecule has 0 spiro atoms.